The van der Waals surface area contributed by atoms with E-state index in [2.05, 4.69) is 15.0 Å². The Morgan fingerprint density at radius 3 is 3.04 bits per heavy atom. The lowest BCUT2D eigenvalue weighted by Gasteiger charge is -2.18. The van der Waals surface area contributed by atoms with E-state index in [0.717, 1.165) is 22.6 Å². The molecule has 132 valence electrons. The van der Waals surface area contributed by atoms with Crippen LogP contribution in [0.25, 0.3) is 10.3 Å². The van der Waals surface area contributed by atoms with Crippen molar-refractivity contribution in [1.82, 2.24) is 15.0 Å². The first-order valence-electron chi connectivity index (χ1n) is 7.92. The number of rotatable bonds is 4. The molecular weight excluding hydrogens is 358 g/mol. The fraction of sp³-hybridized carbons (Fsp3) is 0.250. The maximum atomic E-state index is 11.9. The fourth-order valence-electron chi connectivity index (χ4n) is 2.94. The highest BCUT2D eigenvalue weighted by Gasteiger charge is 2.27. The molecule has 0 radical (unpaired) electrons. The molecule has 2 aromatic heterocycles. The van der Waals surface area contributed by atoms with Gasteiger partial charge in [-0.3, -0.25) is 10.1 Å². The molecule has 0 aliphatic carbocycles. The third-order valence-corrected chi connectivity index (χ3v) is 4.99. The van der Waals surface area contributed by atoms with Gasteiger partial charge in [-0.25, -0.2) is 19.7 Å². The minimum atomic E-state index is -0.487. The normalized spacial score (nSPS) is 13.0. The van der Waals surface area contributed by atoms with E-state index in [1.807, 2.05) is 4.90 Å². The number of esters is 1. The molecule has 0 spiro atoms. The van der Waals surface area contributed by atoms with Crippen LogP contribution in [0.3, 0.4) is 0 Å². The highest BCUT2D eigenvalue weighted by atomic mass is 32.1. The van der Waals surface area contributed by atoms with Gasteiger partial charge < -0.3 is 9.64 Å². The van der Waals surface area contributed by atoms with Crippen molar-refractivity contribution < 1.29 is 14.5 Å². The van der Waals surface area contributed by atoms with E-state index in [9.17, 15) is 14.9 Å². The maximum Gasteiger partial charge on any atom is 0.367 e. The zero-order chi connectivity index (χ0) is 18.3. The highest BCUT2D eigenvalue weighted by Crippen LogP contribution is 2.38. The smallest absolute Gasteiger partial charge is 0.367 e. The van der Waals surface area contributed by atoms with Crippen LogP contribution < -0.4 is 4.90 Å². The Bertz CT molecular complexity index is 1030. The fourth-order valence-corrected chi connectivity index (χ4v) is 3.74. The van der Waals surface area contributed by atoms with Gasteiger partial charge in [0.15, 0.2) is 5.82 Å². The SMILES string of the molecule is CCOC(=O)c1nc2c(N3CCc4cc([N+](=O)[O-])ccc43)ncnc2s1. The number of ether oxygens (including phenoxy) is 1. The average molecular weight is 371 g/mol. The van der Waals surface area contributed by atoms with Gasteiger partial charge in [0.05, 0.1) is 11.5 Å². The van der Waals surface area contributed by atoms with Crippen LogP contribution >= 0.6 is 11.3 Å². The number of hydrogen-bond acceptors (Lipinski definition) is 9. The van der Waals surface area contributed by atoms with Gasteiger partial charge >= 0.3 is 5.97 Å². The Morgan fingerprint density at radius 2 is 2.27 bits per heavy atom. The summed E-state index contributed by atoms with van der Waals surface area (Å²) in [7, 11) is 0. The number of benzene rings is 1. The summed E-state index contributed by atoms with van der Waals surface area (Å²) in [5.41, 5.74) is 2.32. The number of nitrogens with zero attached hydrogens (tertiary/aromatic N) is 5. The van der Waals surface area contributed by atoms with Crippen LogP contribution in [0.4, 0.5) is 17.2 Å². The minimum Gasteiger partial charge on any atom is -0.461 e. The quantitative estimate of drug-likeness (QED) is 0.391. The molecule has 0 unspecified atom stereocenters. The molecule has 3 heterocycles. The number of nitro benzene ring substituents is 1. The minimum absolute atomic E-state index is 0.0664. The summed E-state index contributed by atoms with van der Waals surface area (Å²) in [4.78, 5) is 37.9. The molecule has 3 aromatic rings. The van der Waals surface area contributed by atoms with Crippen molar-refractivity contribution in [2.75, 3.05) is 18.1 Å². The number of carbonyl (C=O) groups excluding carboxylic acids is 1. The van der Waals surface area contributed by atoms with E-state index in [1.54, 1.807) is 19.1 Å². The van der Waals surface area contributed by atoms with Gasteiger partial charge in [0.2, 0.25) is 5.01 Å². The molecule has 0 amide bonds. The molecule has 4 rings (SSSR count). The number of hydrogen-bond donors (Lipinski definition) is 0. The topological polar surface area (TPSA) is 111 Å². The van der Waals surface area contributed by atoms with Gasteiger partial charge in [0, 0.05) is 24.4 Å². The van der Waals surface area contributed by atoms with Crippen molar-refractivity contribution >= 4 is 44.8 Å². The molecule has 26 heavy (non-hydrogen) atoms. The van der Waals surface area contributed by atoms with Gasteiger partial charge in [0.25, 0.3) is 5.69 Å². The number of nitro groups is 1. The van der Waals surface area contributed by atoms with Gasteiger partial charge in [-0.15, -0.1) is 0 Å². The molecule has 1 aromatic carbocycles. The monoisotopic (exact) mass is 371 g/mol. The van der Waals surface area contributed by atoms with Crippen LogP contribution in [0.2, 0.25) is 0 Å². The summed E-state index contributed by atoms with van der Waals surface area (Å²) in [5, 5.41) is 11.2. The van der Waals surface area contributed by atoms with Crippen molar-refractivity contribution in [2.24, 2.45) is 0 Å². The second-order valence-corrected chi connectivity index (χ2v) is 6.54. The lowest BCUT2D eigenvalue weighted by Crippen LogP contribution is -2.15. The summed E-state index contributed by atoms with van der Waals surface area (Å²) in [6.45, 7) is 2.62. The molecule has 0 saturated carbocycles. The first-order chi connectivity index (χ1) is 12.6. The zero-order valence-corrected chi connectivity index (χ0v) is 14.5. The van der Waals surface area contributed by atoms with Crippen LogP contribution in [-0.2, 0) is 11.2 Å². The first-order valence-corrected chi connectivity index (χ1v) is 8.73. The largest absolute Gasteiger partial charge is 0.461 e. The third kappa shape index (κ3) is 2.64. The van der Waals surface area contributed by atoms with Crippen molar-refractivity contribution in [3.05, 3.63) is 45.2 Å². The molecule has 0 fully saturated rings. The molecule has 1 aliphatic rings. The number of carbonyl (C=O) groups is 1. The standard InChI is InChI=1S/C16H13N5O4S/c1-2-25-16(22)15-19-12-13(17-8-18-14(12)26-15)20-6-5-9-7-10(21(23)24)3-4-11(9)20/h3-4,7-8H,2,5-6H2,1H3. The van der Waals surface area contributed by atoms with Crippen LogP contribution in [0.5, 0.6) is 0 Å². The Hall–Kier alpha value is -3.14. The van der Waals surface area contributed by atoms with Crippen molar-refractivity contribution in [2.45, 2.75) is 13.3 Å². The summed E-state index contributed by atoms with van der Waals surface area (Å²) >= 11 is 1.15. The summed E-state index contributed by atoms with van der Waals surface area (Å²) in [6, 6.07) is 4.77. The third-order valence-electron chi connectivity index (χ3n) is 4.05. The van der Waals surface area contributed by atoms with Crippen molar-refractivity contribution in [3.8, 4) is 0 Å². The summed E-state index contributed by atoms with van der Waals surface area (Å²) in [6.07, 6.45) is 2.09. The lowest BCUT2D eigenvalue weighted by atomic mass is 10.1. The molecular formula is C16H13N5O4S. The highest BCUT2D eigenvalue weighted by molar-refractivity contribution is 7.19. The summed E-state index contributed by atoms with van der Waals surface area (Å²) < 4.78 is 5.00. The van der Waals surface area contributed by atoms with Gasteiger partial charge in [0.1, 0.15) is 16.7 Å². The van der Waals surface area contributed by atoms with E-state index < -0.39 is 10.9 Å². The van der Waals surface area contributed by atoms with Crippen LogP contribution in [0, 0.1) is 10.1 Å². The molecule has 0 atom stereocenters. The van der Waals surface area contributed by atoms with E-state index in [0.29, 0.717) is 29.1 Å². The number of fused-ring (bicyclic) bond motifs is 2. The Kier molecular flexibility index (Phi) is 3.96. The van der Waals surface area contributed by atoms with Gasteiger partial charge in [-0.2, -0.15) is 0 Å². The zero-order valence-electron chi connectivity index (χ0n) is 13.7. The van der Waals surface area contributed by atoms with Gasteiger partial charge in [-0.05, 0) is 25.0 Å². The average Bonchev–Trinajstić information content (AvgIpc) is 3.25. The Morgan fingerprint density at radius 1 is 1.42 bits per heavy atom. The second kappa shape index (κ2) is 6.30. The van der Waals surface area contributed by atoms with E-state index >= 15 is 0 Å². The summed E-state index contributed by atoms with van der Waals surface area (Å²) in [5.74, 6) is 0.0910. The molecule has 1 aliphatic heterocycles. The maximum absolute atomic E-state index is 11.9. The number of aromatic nitrogens is 3. The molecule has 0 saturated heterocycles. The number of anilines is 2. The lowest BCUT2D eigenvalue weighted by molar-refractivity contribution is -0.384. The Balaban J connectivity index is 1.77. The molecule has 9 nitrogen and oxygen atoms in total. The van der Waals surface area contributed by atoms with E-state index in [4.69, 9.17) is 4.74 Å². The Labute approximate surface area is 151 Å². The first kappa shape index (κ1) is 16.3. The second-order valence-electron chi connectivity index (χ2n) is 5.56. The van der Waals surface area contributed by atoms with E-state index in [-0.39, 0.29) is 17.3 Å². The molecule has 10 heteroatoms. The van der Waals surface area contributed by atoms with E-state index in [1.165, 1.54) is 12.4 Å². The van der Waals surface area contributed by atoms with Crippen LogP contribution in [0.1, 0.15) is 22.3 Å². The van der Waals surface area contributed by atoms with Crippen molar-refractivity contribution in [1.29, 1.82) is 0 Å². The molecule has 0 N–H and O–H groups in total. The van der Waals surface area contributed by atoms with Crippen LogP contribution in [-0.4, -0.2) is 39.0 Å². The molecule has 0 bridgehead atoms. The predicted octanol–water partition coefficient (Wildman–Crippen LogP) is 2.87. The van der Waals surface area contributed by atoms with Crippen LogP contribution in [0.15, 0.2) is 24.5 Å². The number of non-ortho nitro benzene ring substituents is 1. The predicted molar refractivity (Wildman–Crippen MR) is 95.0 cm³/mol. The number of thiazole rings is 1. The van der Waals surface area contributed by atoms with Crippen molar-refractivity contribution in [3.63, 3.8) is 0 Å². The van der Waals surface area contributed by atoms with Gasteiger partial charge in [-0.1, -0.05) is 11.3 Å².